The van der Waals surface area contributed by atoms with E-state index < -0.39 is 0 Å². The maximum absolute atomic E-state index is 5.39. The Morgan fingerprint density at radius 3 is 2.85 bits per heavy atom. The summed E-state index contributed by atoms with van der Waals surface area (Å²) in [6.45, 7) is 4.64. The second kappa shape index (κ2) is 7.38. The van der Waals surface area contributed by atoms with E-state index in [4.69, 9.17) is 9.73 Å². The minimum absolute atomic E-state index is 0.640. The summed E-state index contributed by atoms with van der Waals surface area (Å²) >= 11 is 3.97. The fraction of sp³-hybridized carbons (Fsp3) is 0.533. The number of nitrogens with zero attached hydrogens (tertiary/aromatic N) is 2. The zero-order valence-corrected chi connectivity index (χ0v) is 13.2. The molecule has 2 aliphatic rings. The maximum atomic E-state index is 5.39. The van der Waals surface area contributed by atoms with Crippen molar-refractivity contribution in [2.24, 2.45) is 4.99 Å². The van der Waals surface area contributed by atoms with Gasteiger partial charge in [0.05, 0.1) is 19.8 Å². The molecule has 0 aromatic heterocycles. The Balaban J connectivity index is 1.38. The van der Waals surface area contributed by atoms with Gasteiger partial charge in [-0.15, -0.1) is 0 Å². The van der Waals surface area contributed by atoms with Gasteiger partial charge in [-0.05, 0) is 5.56 Å². The Morgan fingerprint density at radius 1 is 1.25 bits per heavy atom. The van der Waals surface area contributed by atoms with Crippen molar-refractivity contribution in [3.63, 3.8) is 0 Å². The van der Waals surface area contributed by atoms with E-state index in [9.17, 15) is 0 Å². The summed E-state index contributed by atoms with van der Waals surface area (Å²) in [4.78, 5) is 7.07. The van der Waals surface area contributed by atoms with Gasteiger partial charge in [-0.2, -0.15) is 11.8 Å². The number of morpholine rings is 1. The predicted octanol–water partition coefficient (Wildman–Crippen LogP) is 2.72. The summed E-state index contributed by atoms with van der Waals surface area (Å²) in [5.41, 5.74) is 1.41. The molecule has 2 heterocycles. The van der Waals surface area contributed by atoms with Crippen LogP contribution in [0.5, 0.6) is 0 Å². The first kappa shape index (κ1) is 14.3. The highest BCUT2D eigenvalue weighted by Gasteiger charge is 2.24. The van der Waals surface area contributed by atoms with E-state index in [0.717, 1.165) is 38.6 Å². The highest BCUT2D eigenvalue weighted by atomic mass is 32.2. The molecule has 1 unspecified atom stereocenters. The summed E-state index contributed by atoms with van der Waals surface area (Å²) in [5.74, 6) is 2.28. The zero-order valence-electron chi connectivity index (χ0n) is 11.5. The minimum atomic E-state index is 0.640. The number of rotatable bonds is 4. The normalized spacial score (nSPS) is 22.9. The summed E-state index contributed by atoms with van der Waals surface area (Å²) in [6, 6.07) is 10.7. The van der Waals surface area contributed by atoms with Gasteiger partial charge in [0.15, 0.2) is 5.17 Å². The van der Waals surface area contributed by atoms with Crippen molar-refractivity contribution in [1.29, 1.82) is 0 Å². The van der Waals surface area contributed by atoms with E-state index in [1.165, 1.54) is 16.5 Å². The molecule has 0 spiro atoms. The molecule has 108 valence electrons. The Bertz CT molecular complexity index is 446. The molecule has 1 aromatic carbocycles. The van der Waals surface area contributed by atoms with Gasteiger partial charge in [-0.25, -0.2) is 0 Å². The van der Waals surface area contributed by atoms with Crippen LogP contribution in [0.15, 0.2) is 35.3 Å². The van der Waals surface area contributed by atoms with E-state index in [-0.39, 0.29) is 0 Å². The van der Waals surface area contributed by atoms with Gasteiger partial charge in [0.25, 0.3) is 0 Å². The third kappa shape index (κ3) is 3.93. The predicted molar refractivity (Wildman–Crippen MR) is 88.7 cm³/mol. The van der Waals surface area contributed by atoms with Crippen molar-refractivity contribution < 1.29 is 4.74 Å². The molecule has 0 saturated carbocycles. The zero-order chi connectivity index (χ0) is 13.6. The van der Waals surface area contributed by atoms with E-state index in [1.54, 1.807) is 0 Å². The van der Waals surface area contributed by atoms with Crippen molar-refractivity contribution in [3.05, 3.63) is 35.9 Å². The molecule has 0 bridgehead atoms. The molecule has 0 radical (unpaired) electrons. The largest absolute Gasteiger partial charge is 0.378 e. The lowest BCUT2D eigenvalue weighted by Crippen LogP contribution is -2.39. The number of hydrogen-bond acceptors (Lipinski definition) is 5. The second-order valence-electron chi connectivity index (χ2n) is 4.96. The van der Waals surface area contributed by atoms with Crippen molar-refractivity contribution in [2.45, 2.75) is 11.0 Å². The summed E-state index contributed by atoms with van der Waals surface area (Å²) < 4.78 is 5.39. The van der Waals surface area contributed by atoms with E-state index in [1.807, 2.05) is 23.5 Å². The first-order valence-electron chi connectivity index (χ1n) is 7.07. The molecule has 3 nitrogen and oxygen atoms in total. The van der Waals surface area contributed by atoms with Gasteiger partial charge >= 0.3 is 0 Å². The van der Waals surface area contributed by atoms with Crippen LogP contribution in [0.2, 0.25) is 0 Å². The van der Waals surface area contributed by atoms with Crippen LogP contribution in [0, 0.1) is 0 Å². The van der Waals surface area contributed by atoms with E-state index >= 15 is 0 Å². The molecule has 1 saturated heterocycles. The number of amidine groups is 1. The Kier molecular flexibility index (Phi) is 5.28. The van der Waals surface area contributed by atoms with Crippen LogP contribution < -0.4 is 0 Å². The second-order valence-corrected chi connectivity index (χ2v) is 7.26. The lowest BCUT2D eigenvalue weighted by molar-refractivity contribution is 0.0693. The molecular weight excluding hydrogens is 288 g/mol. The van der Waals surface area contributed by atoms with Crippen molar-refractivity contribution in [3.8, 4) is 0 Å². The number of thioether (sulfide) groups is 2. The molecule has 0 amide bonds. The number of benzene rings is 1. The Morgan fingerprint density at radius 2 is 2.05 bits per heavy atom. The van der Waals surface area contributed by atoms with E-state index in [0.29, 0.717) is 5.25 Å². The van der Waals surface area contributed by atoms with Gasteiger partial charge < -0.3 is 9.64 Å². The van der Waals surface area contributed by atoms with Crippen LogP contribution >= 0.6 is 23.5 Å². The molecule has 0 N–H and O–H groups in total. The van der Waals surface area contributed by atoms with Gasteiger partial charge in [-0.3, -0.25) is 4.99 Å². The van der Waals surface area contributed by atoms with Crippen LogP contribution in [0.1, 0.15) is 5.56 Å². The summed E-state index contributed by atoms with van der Waals surface area (Å²) in [7, 11) is 0. The summed E-state index contributed by atoms with van der Waals surface area (Å²) in [5, 5.41) is 1.88. The topological polar surface area (TPSA) is 24.8 Å². The fourth-order valence-corrected chi connectivity index (χ4v) is 4.70. The monoisotopic (exact) mass is 308 g/mol. The molecule has 5 heteroatoms. The molecule has 1 fully saturated rings. The van der Waals surface area contributed by atoms with Gasteiger partial charge in [-0.1, -0.05) is 42.1 Å². The molecule has 20 heavy (non-hydrogen) atoms. The molecular formula is C15H20N2OS2. The van der Waals surface area contributed by atoms with Gasteiger partial charge in [0.1, 0.15) is 0 Å². The molecule has 3 rings (SSSR count). The van der Waals surface area contributed by atoms with Crippen LogP contribution in [-0.4, -0.2) is 53.9 Å². The van der Waals surface area contributed by atoms with Crippen LogP contribution in [0.4, 0.5) is 0 Å². The average Bonchev–Trinajstić information content (AvgIpc) is 2.98. The minimum Gasteiger partial charge on any atom is -0.378 e. The molecule has 1 aromatic rings. The standard InChI is InChI=1S/C15H20N2OS2/c1-2-4-13(5-3-1)11-19-12-14-10-16-15(20-14)17-6-8-18-9-7-17/h1-5,14H,6-12H2. The third-order valence-corrected chi connectivity index (χ3v) is 6.03. The Hall–Kier alpha value is -0.650. The third-order valence-electron chi connectivity index (χ3n) is 3.40. The number of hydrogen-bond donors (Lipinski definition) is 0. The van der Waals surface area contributed by atoms with Crippen molar-refractivity contribution in [2.75, 3.05) is 38.6 Å². The van der Waals surface area contributed by atoms with Crippen molar-refractivity contribution >= 4 is 28.7 Å². The average molecular weight is 308 g/mol. The fourth-order valence-electron chi connectivity index (χ4n) is 2.30. The van der Waals surface area contributed by atoms with E-state index in [2.05, 4.69) is 35.2 Å². The molecule has 0 aliphatic carbocycles. The highest BCUT2D eigenvalue weighted by molar-refractivity contribution is 8.15. The molecule has 1 atom stereocenters. The number of aliphatic imine (C=N–C) groups is 1. The summed E-state index contributed by atoms with van der Waals surface area (Å²) in [6.07, 6.45) is 0. The number of ether oxygens (including phenoxy) is 1. The van der Waals surface area contributed by atoms with Gasteiger partial charge in [0.2, 0.25) is 0 Å². The van der Waals surface area contributed by atoms with Crippen LogP contribution in [0.3, 0.4) is 0 Å². The lowest BCUT2D eigenvalue weighted by Gasteiger charge is -2.28. The van der Waals surface area contributed by atoms with Crippen LogP contribution in [0.25, 0.3) is 0 Å². The highest BCUT2D eigenvalue weighted by Crippen LogP contribution is 2.27. The maximum Gasteiger partial charge on any atom is 0.159 e. The first-order chi connectivity index (χ1) is 9.92. The van der Waals surface area contributed by atoms with Crippen LogP contribution in [-0.2, 0) is 10.5 Å². The molecule has 2 aliphatic heterocycles. The lowest BCUT2D eigenvalue weighted by atomic mass is 10.2. The quantitative estimate of drug-likeness (QED) is 0.854. The van der Waals surface area contributed by atoms with Gasteiger partial charge in [0, 0.05) is 29.8 Å². The first-order valence-corrected chi connectivity index (χ1v) is 9.11. The smallest absolute Gasteiger partial charge is 0.159 e. The SMILES string of the molecule is c1ccc(CSCC2CN=C(N3CCOCC3)S2)cc1. The Labute approximate surface area is 129 Å². The van der Waals surface area contributed by atoms with Crippen molar-refractivity contribution in [1.82, 2.24) is 4.90 Å².